The minimum Gasteiger partial charge on any atom is -0.497 e. The lowest BCUT2D eigenvalue weighted by molar-refractivity contribution is 0.164. The molecule has 0 saturated carbocycles. The van der Waals surface area contributed by atoms with E-state index in [1.54, 1.807) is 14.2 Å². The summed E-state index contributed by atoms with van der Waals surface area (Å²) in [6.45, 7) is 1.39. The van der Waals surface area contributed by atoms with Gasteiger partial charge in [0.05, 0.1) is 19.8 Å². The molecular weight excluding hydrogens is 298 g/mol. The summed E-state index contributed by atoms with van der Waals surface area (Å²) in [5.74, 6) is 1.86. The van der Waals surface area contributed by atoms with Crippen LogP contribution in [0.15, 0.2) is 28.8 Å². The number of aromatic nitrogens is 2. The van der Waals surface area contributed by atoms with E-state index in [-0.39, 0.29) is 12.1 Å². The molecule has 7 heteroatoms. The predicted molar refractivity (Wildman–Crippen MR) is 81.8 cm³/mol. The normalized spacial score (nSPS) is 21.7. The first-order valence-electron chi connectivity index (χ1n) is 7.56. The molecule has 1 aliphatic heterocycles. The molecule has 1 saturated heterocycles. The van der Waals surface area contributed by atoms with Gasteiger partial charge in [0.15, 0.2) is 5.82 Å². The fraction of sp³-hybridized carbons (Fsp3) is 0.500. The first-order chi connectivity index (χ1) is 11.2. The van der Waals surface area contributed by atoms with Crippen LogP contribution in [-0.4, -0.2) is 47.0 Å². The molecule has 3 rings (SSSR count). The van der Waals surface area contributed by atoms with Gasteiger partial charge in [-0.2, -0.15) is 4.98 Å². The Kier molecular flexibility index (Phi) is 4.90. The number of β-amino-alcohol motifs (C(OH)–C–C–N with tert-alkyl or cyclic N) is 1. The Labute approximate surface area is 134 Å². The second-order valence-electron chi connectivity index (χ2n) is 5.65. The van der Waals surface area contributed by atoms with Crippen LogP contribution >= 0.6 is 0 Å². The zero-order valence-electron chi connectivity index (χ0n) is 13.3. The third kappa shape index (κ3) is 3.69. The molecule has 1 fully saturated rings. The van der Waals surface area contributed by atoms with E-state index in [9.17, 15) is 5.11 Å². The van der Waals surface area contributed by atoms with Crippen LogP contribution in [0, 0.1) is 0 Å². The highest BCUT2D eigenvalue weighted by atomic mass is 16.5. The van der Waals surface area contributed by atoms with Crippen molar-refractivity contribution in [2.24, 2.45) is 0 Å². The van der Waals surface area contributed by atoms with Crippen molar-refractivity contribution >= 4 is 0 Å². The third-order valence-corrected chi connectivity index (χ3v) is 3.98. The van der Waals surface area contributed by atoms with Gasteiger partial charge in [0.1, 0.15) is 12.4 Å². The maximum atomic E-state index is 10.1. The highest BCUT2D eigenvalue weighted by molar-refractivity contribution is 5.31. The lowest BCUT2D eigenvalue weighted by atomic mass is 10.0. The Bertz CT molecular complexity index is 646. The van der Waals surface area contributed by atoms with Crippen molar-refractivity contribution in [2.75, 3.05) is 20.8 Å². The van der Waals surface area contributed by atoms with Crippen LogP contribution in [0.1, 0.15) is 29.7 Å². The average molecular weight is 319 g/mol. The number of rotatable bonds is 6. The van der Waals surface area contributed by atoms with Gasteiger partial charge in [-0.3, -0.25) is 4.90 Å². The largest absolute Gasteiger partial charge is 0.497 e. The summed E-state index contributed by atoms with van der Waals surface area (Å²) in [7, 11) is 3.24. The van der Waals surface area contributed by atoms with Crippen molar-refractivity contribution in [1.29, 1.82) is 0 Å². The summed E-state index contributed by atoms with van der Waals surface area (Å²) in [4.78, 5) is 6.44. The smallest absolute Gasteiger partial charge is 0.240 e. The van der Waals surface area contributed by atoms with E-state index in [1.807, 2.05) is 24.3 Å². The van der Waals surface area contributed by atoms with Crippen molar-refractivity contribution in [1.82, 2.24) is 15.0 Å². The van der Waals surface area contributed by atoms with E-state index in [0.717, 1.165) is 11.3 Å². The Hall–Kier alpha value is -1.96. The van der Waals surface area contributed by atoms with E-state index in [1.165, 1.54) is 0 Å². The molecule has 0 amide bonds. The monoisotopic (exact) mass is 319 g/mol. The molecule has 0 spiro atoms. The second-order valence-corrected chi connectivity index (χ2v) is 5.65. The van der Waals surface area contributed by atoms with Crippen LogP contribution in [0.4, 0.5) is 0 Å². The highest BCUT2D eigenvalue weighted by Gasteiger charge is 2.33. The summed E-state index contributed by atoms with van der Waals surface area (Å²) < 4.78 is 15.5. The molecule has 2 aromatic rings. The number of nitrogens with zero attached hydrogens (tertiary/aromatic N) is 3. The molecule has 0 aliphatic carbocycles. The lowest BCUT2D eigenvalue weighted by Gasteiger charge is -2.23. The van der Waals surface area contributed by atoms with Gasteiger partial charge in [0, 0.05) is 19.7 Å². The standard InChI is InChI=1S/C16H21N3O4/c1-21-10-15-17-16(23-18-15)9-19-8-12(20)7-14(19)11-4-3-5-13(6-11)22-2/h3-6,12,14,20H,7-10H2,1-2H3. The van der Waals surface area contributed by atoms with Gasteiger partial charge in [-0.05, 0) is 24.1 Å². The Morgan fingerprint density at radius 1 is 1.39 bits per heavy atom. The lowest BCUT2D eigenvalue weighted by Crippen LogP contribution is -2.24. The molecule has 2 atom stereocenters. The van der Waals surface area contributed by atoms with Gasteiger partial charge in [0.25, 0.3) is 0 Å². The molecule has 1 aliphatic rings. The number of hydrogen-bond donors (Lipinski definition) is 1. The number of ether oxygens (including phenoxy) is 2. The van der Waals surface area contributed by atoms with E-state index in [2.05, 4.69) is 15.0 Å². The number of methoxy groups -OCH3 is 2. The second kappa shape index (κ2) is 7.08. The van der Waals surface area contributed by atoms with Gasteiger partial charge in [-0.25, -0.2) is 0 Å². The fourth-order valence-electron chi connectivity index (χ4n) is 2.97. The summed E-state index contributed by atoms with van der Waals surface area (Å²) in [6, 6.07) is 8.01. The first-order valence-corrected chi connectivity index (χ1v) is 7.56. The minimum absolute atomic E-state index is 0.0953. The Balaban J connectivity index is 1.76. The molecule has 0 radical (unpaired) electrons. The SMILES string of the molecule is COCc1noc(CN2CC(O)CC2c2cccc(OC)c2)n1. The summed E-state index contributed by atoms with van der Waals surface area (Å²) >= 11 is 0. The number of likely N-dealkylation sites (tertiary alicyclic amines) is 1. The van der Waals surface area contributed by atoms with E-state index in [4.69, 9.17) is 14.0 Å². The zero-order chi connectivity index (χ0) is 16.2. The molecule has 1 aromatic carbocycles. The molecule has 1 N–H and O–H groups in total. The van der Waals surface area contributed by atoms with Crippen LogP contribution < -0.4 is 4.74 Å². The maximum absolute atomic E-state index is 10.1. The maximum Gasteiger partial charge on any atom is 0.240 e. The summed E-state index contributed by atoms with van der Waals surface area (Å²) in [5, 5.41) is 13.9. The number of aliphatic hydroxyl groups is 1. The number of hydrogen-bond acceptors (Lipinski definition) is 7. The Morgan fingerprint density at radius 3 is 3.04 bits per heavy atom. The van der Waals surface area contributed by atoms with E-state index >= 15 is 0 Å². The topological polar surface area (TPSA) is 80.9 Å². The van der Waals surface area contributed by atoms with Crippen LogP contribution in [0.2, 0.25) is 0 Å². The van der Waals surface area contributed by atoms with Crippen molar-refractivity contribution in [3.8, 4) is 5.75 Å². The predicted octanol–water partition coefficient (Wildman–Crippen LogP) is 1.53. The van der Waals surface area contributed by atoms with Gasteiger partial charge in [-0.1, -0.05) is 17.3 Å². The molecule has 23 heavy (non-hydrogen) atoms. The molecule has 7 nitrogen and oxygen atoms in total. The first kappa shape index (κ1) is 15.9. The summed E-state index contributed by atoms with van der Waals surface area (Å²) in [6.07, 6.45) is 0.305. The number of aliphatic hydroxyl groups excluding tert-OH is 1. The fourth-order valence-corrected chi connectivity index (χ4v) is 2.97. The molecule has 0 bridgehead atoms. The van der Waals surface area contributed by atoms with Gasteiger partial charge < -0.3 is 19.1 Å². The quantitative estimate of drug-likeness (QED) is 0.864. The molecule has 2 heterocycles. The minimum atomic E-state index is -0.368. The molecule has 2 unspecified atom stereocenters. The van der Waals surface area contributed by atoms with Crippen LogP contribution in [0.25, 0.3) is 0 Å². The van der Waals surface area contributed by atoms with Gasteiger partial charge in [-0.15, -0.1) is 0 Å². The van der Waals surface area contributed by atoms with Crippen LogP contribution in [-0.2, 0) is 17.9 Å². The Morgan fingerprint density at radius 2 is 2.26 bits per heavy atom. The van der Waals surface area contributed by atoms with Crippen molar-refractivity contribution in [3.05, 3.63) is 41.5 Å². The molecule has 124 valence electrons. The van der Waals surface area contributed by atoms with Crippen LogP contribution in [0.3, 0.4) is 0 Å². The third-order valence-electron chi connectivity index (χ3n) is 3.98. The van der Waals surface area contributed by atoms with Crippen molar-refractivity contribution in [3.63, 3.8) is 0 Å². The average Bonchev–Trinajstić information content (AvgIpc) is 3.15. The van der Waals surface area contributed by atoms with Gasteiger partial charge in [0.2, 0.25) is 5.89 Å². The van der Waals surface area contributed by atoms with E-state index in [0.29, 0.717) is 37.8 Å². The zero-order valence-corrected chi connectivity index (χ0v) is 13.3. The van der Waals surface area contributed by atoms with Crippen molar-refractivity contribution in [2.45, 2.75) is 31.7 Å². The molecular formula is C16H21N3O4. The van der Waals surface area contributed by atoms with Crippen LogP contribution in [0.5, 0.6) is 5.75 Å². The highest BCUT2D eigenvalue weighted by Crippen LogP contribution is 2.34. The van der Waals surface area contributed by atoms with Gasteiger partial charge >= 0.3 is 0 Å². The van der Waals surface area contributed by atoms with E-state index < -0.39 is 0 Å². The number of benzene rings is 1. The summed E-state index contributed by atoms with van der Waals surface area (Å²) in [5.41, 5.74) is 1.11. The van der Waals surface area contributed by atoms with Crippen molar-refractivity contribution < 1.29 is 19.1 Å². The molecule has 1 aromatic heterocycles.